The minimum atomic E-state index is -3.64. The molecule has 4 nitrogen and oxygen atoms in total. The summed E-state index contributed by atoms with van der Waals surface area (Å²) in [6, 6.07) is 3.88. The highest BCUT2D eigenvalue weighted by Crippen LogP contribution is 2.27. The van der Waals surface area contributed by atoms with Crippen LogP contribution in [-0.4, -0.2) is 25.3 Å². The van der Waals surface area contributed by atoms with Crippen molar-refractivity contribution in [3.05, 3.63) is 28.5 Å². The normalized spacial score (nSPS) is 21.3. The molecule has 1 saturated heterocycles. The predicted molar refractivity (Wildman–Crippen MR) is 76.7 cm³/mol. The minimum Gasteiger partial charge on any atom is -0.270 e. The van der Waals surface area contributed by atoms with Crippen molar-refractivity contribution in [2.45, 2.75) is 32.2 Å². The second kappa shape index (κ2) is 5.76. The van der Waals surface area contributed by atoms with Crippen molar-refractivity contribution in [1.29, 1.82) is 0 Å². The van der Waals surface area contributed by atoms with E-state index in [2.05, 4.69) is 20.7 Å². The number of nitrogens with one attached hydrogen (secondary N) is 1. The molecule has 0 amide bonds. The lowest BCUT2D eigenvalue weighted by Gasteiger charge is -2.32. The summed E-state index contributed by atoms with van der Waals surface area (Å²) in [6.07, 6.45) is 2.75. The smallest absolute Gasteiger partial charge is 0.270 e. The highest BCUT2D eigenvalue weighted by molar-refractivity contribution is 9.10. The Morgan fingerprint density at radius 2 is 2.16 bits per heavy atom. The molecule has 1 aromatic carbocycles. The molecule has 7 heteroatoms. The van der Waals surface area contributed by atoms with Gasteiger partial charge in [-0.15, -0.1) is 0 Å². The quantitative estimate of drug-likeness (QED) is 0.910. The van der Waals surface area contributed by atoms with Gasteiger partial charge < -0.3 is 0 Å². The van der Waals surface area contributed by atoms with Crippen LogP contribution in [0.25, 0.3) is 0 Å². The SMILES string of the molecule is CC1CCCCN1S(=O)(=O)Nc1cc(F)ccc1Br. The molecule has 0 spiro atoms. The van der Waals surface area contributed by atoms with Crippen LogP contribution in [0.15, 0.2) is 22.7 Å². The van der Waals surface area contributed by atoms with Gasteiger partial charge in [-0.3, -0.25) is 4.72 Å². The van der Waals surface area contributed by atoms with E-state index in [1.54, 1.807) is 0 Å². The molecular formula is C12H16BrFN2O2S. The van der Waals surface area contributed by atoms with Crippen LogP contribution in [0.5, 0.6) is 0 Å². The molecule has 1 aliphatic heterocycles. The Labute approximate surface area is 121 Å². The zero-order valence-electron chi connectivity index (χ0n) is 10.6. The lowest BCUT2D eigenvalue weighted by molar-refractivity contribution is 0.270. The number of benzene rings is 1. The zero-order valence-corrected chi connectivity index (χ0v) is 13.0. The Morgan fingerprint density at radius 1 is 1.42 bits per heavy atom. The van der Waals surface area contributed by atoms with Gasteiger partial charge in [0, 0.05) is 17.1 Å². The van der Waals surface area contributed by atoms with Crippen molar-refractivity contribution in [2.75, 3.05) is 11.3 Å². The first-order chi connectivity index (χ1) is 8.90. The van der Waals surface area contributed by atoms with E-state index < -0.39 is 16.0 Å². The predicted octanol–water partition coefficient (Wildman–Crippen LogP) is 3.12. The van der Waals surface area contributed by atoms with E-state index in [-0.39, 0.29) is 11.7 Å². The summed E-state index contributed by atoms with van der Waals surface area (Å²) in [6.45, 7) is 2.39. The fourth-order valence-corrected chi connectivity index (χ4v) is 4.19. The largest absolute Gasteiger partial charge is 0.301 e. The molecule has 1 aliphatic rings. The number of hydrogen-bond donors (Lipinski definition) is 1. The lowest BCUT2D eigenvalue weighted by atomic mass is 10.1. The van der Waals surface area contributed by atoms with E-state index in [1.165, 1.54) is 16.4 Å². The van der Waals surface area contributed by atoms with Crippen molar-refractivity contribution in [3.63, 3.8) is 0 Å². The third kappa shape index (κ3) is 3.46. The molecule has 0 radical (unpaired) electrons. The van der Waals surface area contributed by atoms with Crippen LogP contribution in [-0.2, 0) is 10.2 Å². The van der Waals surface area contributed by atoms with Gasteiger partial charge in [-0.2, -0.15) is 12.7 Å². The summed E-state index contributed by atoms with van der Waals surface area (Å²) < 4.78 is 42.2. The summed E-state index contributed by atoms with van der Waals surface area (Å²) in [5.74, 6) is -0.479. The molecule has 0 aromatic heterocycles. The lowest BCUT2D eigenvalue weighted by Crippen LogP contribution is -2.44. The van der Waals surface area contributed by atoms with Crippen LogP contribution in [0.1, 0.15) is 26.2 Å². The van der Waals surface area contributed by atoms with Gasteiger partial charge in [0.05, 0.1) is 5.69 Å². The number of nitrogens with zero attached hydrogens (tertiary/aromatic N) is 1. The van der Waals surface area contributed by atoms with Gasteiger partial charge in [0.2, 0.25) is 0 Å². The summed E-state index contributed by atoms with van der Waals surface area (Å²) in [7, 11) is -3.64. The minimum absolute atomic E-state index is 0.0291. The Bertz CT molecular complexity index is 565. The maximum Gasteiger partial charge on any atom is 0.301 e. The second-order valence-electron chi connectivity index (χ2n) is 4.69. The fraction of sp³-hybridized carbons (Fsp3) is 0.500. The molecule has 19 heavy (non-hydrogen) atoms. The first kappa shape index (κ1) is 14.7. The van der Waals surface area contributed by atoms with Crippen LogP contribution in [0.2, 0.25) is 0 Å². The molecule has 0 aliphatic carbocycles. The number of rotatable bonds is 3. The number of hydrogen-bond acceptors (Lipinski definition) is 2. The third-order valence-corrected chi connectivity index (χ3v) is 5.55. The fourth-order valence-electron chi connectivity index (χ4n) is 2.20. The zero-order chi connectivity index (χ0) is 14.0. The maximum absolute atomic E-state index is 13.2. The topological polar surface area (TPSA) is 49.4 Å². The van der Waals surface area contributed by atoms with Gasteiger partial charge >= 0.3 is 10.2 Å². The third-order valence-electron chi connectivity index (χ3n) is 3.22. The molecule has 1 N–H and O–H groups in total. The highest BCUT2D eigenvalue weighted by atomic mass is 79.9. The van der Waals surface area contributed by atoms with Crippen LogP contribution in [0.4, 0.5) is 10.1 Å². The van der Waals surface area contributed by atoms with Gasteiger partial charge in [-0.1, -0.05) is 6.42 Å². The van der Waals surface area contributed by atoms with Gasteiger partial charge in [-0.25, -0.2) is 4.39 Å². The molecule has 1 aromatic rings. The molecule has 2 rings (SSSR count). The van der Waals surface area contributed by atoms with Gasteiger partial charge in [0.25, 0.3) is 0 Å². The van der Waals surface area contributed by atoms with Crippen LogP contribution in [0, 0.1) is 5.82 Å². The summed E-state index contributed by atoms with van der Waals surface area (Å²) in [4.78, 5) is 0. The molecular weight excluding hydrogens is 335 g/mol. The maximum atomic E-state index is 13.2. The van der Waals surface area contributed by atoms with Crippen molar-refractivity contribution >= 4 is 31.8 Å². The highest BCUT2D eigenvalue weighted by Gasteiger charge is 2.29. The van der Waals surface area contributed by atoms with Crippen molar-refractivity contribution in [2.24, 2.45) is 0 Å². The van der Waals surface area contributed by atoms with Gasteiger partial charge in [0.15, 0.2) is 0 Å². The number of anilines is 1. The van der Waals surface area contributed by atoms with E-state index in [4.69, 9.17) is 0 Å². The average Bonchev–Trinajstić information content (AvgIpc) is 2.34. The molecule has 0 saturated carbocycles. The number of piperidine rings is 1. The molecule has 106 valence electrons. The molecule has 0 bridgehead atoms. The van der Waals surface area contributed by atoms with E-state index >= 15 is 0 Å². The number of halogens is 2. The van der Waals surface area contributed by atoms with E-state index in [1.807, 2.05) is 6.92 Å². The van der Waals surface area contributed by atoms with Gasteiger partial charge in [0.1, 0.15) is 5.82 Å². The van der Waals surface area contributed by atoms with Gasteiger partial charge in [-0.05, 0) is 53.9 Å². The molecule has 1 heterocycles. The Balaban J connectivity index is 2.23. The Kier molecular flexibility index (Phi) is 4.47. The summed E-state index contributed by atoms with van der Waals surface area (Å²) in [5, 5.41) is 0. The van der Waals surface area contributed by atoms with Crippen LogP contribution < -0.4 is 4.72 Å². The van der Waals surface area contributed by atoms with Crippen molar-refractivity contribution < 1.29 is 12.8 Å². The Hall–Kier alpha value is -0.660. The van der Waals surface area contributed by atoms with Crippen LogP contribution in [0.3, 0.4) is 0 Å². The first-order valence-corrected chi connectivity index (χ1v) is 8.38. The molecule has 1 atom stereocenters. The summed E-state index contributed by atoms with van der Waals surface area (Å²) >= 11 is 3.21. The van der Waals surface area contributed by atoms with Crippen LogP contribution >= 0.6 is 15.9 Å². The molecule has 1 unspecified atom stereocenters. The summed E-state index contributed by atoms with van der Waals surface area (Å²) in [5.41, 5.74) is 0.220. The first-order valence-electron chi connectivity index (χ1n) is 6.15. The average molecular weight is 351 g/mol. The Morgan fingerprint density at radius 3 is 2.84 bits per heavy atom. The van der Waals surface area contributed by atoms with E-state index in [0.29, 0.717) is 11.0 Å². The van der Waals surface area contributed by atoms with Crippen molar-refractivity contribution in [1.82, 2.24) is 4.31 Å². The second-order valence-corrected chi connectivity index (χ2v) is 7.16. The van der Waals surface area contributed by atoms with E-state index in [0.717, 1.165) is 25.3 Å². The van der Waals surface area contributed by atoms with E-state index in [9.17, 15) is 12.8 Å². The van der Waals surface area contributed by atoms with Crippen molar-refractivity contribution in [3.8, 4) is 0 Å². The molecule has 1 fully saturated rings. The monoisotopic (exact) mass is 350 g/mol. The standard InChI is InChI=1S/C12H16BrFN2O2S/c1-9-4-2-3-7-16(9)19(17,18)15-12-8-10(14)5-6-11(12)13/h5-6,8-9,15H,2-4,7H2,1H3.